The highest BCUT2D eigenvalue weighted by atomic mass is 32.1. The lowest BCUT2D eigenvalue weighted by Gasteiger charge is -2.38. The molecule has 2 aromatic carbocycles. The van der Waals surface area contributed by atoms with Gasteiger partial charge in [0.25, 0.3) is 0 Å². The molecule has 1 aliphatic rings. The summed E-state index contributed by atoms with van der Waals surface area (Å²) in [5.41, 5.74) is 9.49. The Bertz CT molecular complexity index is 1110. The van der Waals surface area contributed by atoms with Crippen LogP contribution >= 0.6 is 12.2 Å². The molecule has 0 unspecified atom stereocenters. The summed E-state index contributed by atoms with van der Waals surface area (Å²) < 4.78 is 0. The predicted molar refractivity (Wildman–Crippen MR) is 204 cm³/mol. The van der Waals surface area contributed by atoms with Gasteiger partial charge < -0.3 is 9.80 Å². The zero-order valence-electron chi connectivity index (χ0n) is 29.3. The van der Waals surface area contributed by atoms with Crippen LogP contribution in [0.25, 0.3) is 0 Å². The van der Waals surface area contributed by atoms with Crippen molar-refractivity contribution >= 4 is 40.0 Å². The van der Waals surface area contributed by atoms with E-state index in [1.165, 1.54) is 107 Å². The standard InChI is InChI=1S/C39H63N5S/c1-6-11-12-13-14-15-16-17-18-19-20-21-22-23-24-34-33-43(37-29-25-35(26-30-37)41(7-2)8-3)40-44(39(34)45)38-31-27-36(28-32-38)42(9-4)10-5/h25-33,40H,6-24H2,1-5H3. The van der Waals surface area contributed by atoms with E-state index < -0.39 is 0 Å². The van der Waals surface area contributed by atoms with Crippen LogP contribution in [-0.4, -0.2) is 31.2 Å². The van der Waals surface area contributed by atoms with Gasteiger partial charge in [-0.05, 0) is 89.1 Å². The monoisotopic (exact) mass is 633 g/mol. The molecule has 0 aromatic heterocycles. The second kappa shape index (κ2) is 21.3. The van der Waals surface area contributed by atoms with Gasteiger partial charge in [0, 0.05) is 49.3 Å². The SMILES string of the molecule is CCCCCCCCCCCCCCCCC1=CN(c2ccc(N(CC)CC)cc2)NN(c2ccc(N(CC)CC)cc2)C1=S. The van der Waals surface area contributed by atoms with E-state index in [9.17, 15) is 0 Å². The van der Waals surface area contributed by atoms with Crippen molar-refractivity contribution in [2.24, 2.45) is 0 Å². The van der Waals surface area contributed by atoms with E-state index in [1.807, 2.05) is 0 Å². The van der Waals surface area contributed by atoms with Gasteiger partial charge in [-0.1, -0.05) is 103 Å². The zero-order valence-corrected chi connectivity index (χ0v) is 30.1. The molecular weight excluding hydrogens is 571 g/mol. The highest BCUT2D eigenvalue weighted by molar-refractivity contribution is 7.81. The first-order valence-corrected chi connectivity index (χ1v) is 18.8. The summed E-state index contributed by atoms with van der Waals surface area (Å²) in [5.74, 6) is 0. The molecule has 0 amide bonds. The van der Waals surface area contributed by atoms with Crippen LogP contribution in [0.1, 0.15) is 131 Å². The highest BCUT2D eigenvalue weighted by Crippen LogP contribution is 2.29. The number of hydrogen-bond acceptors (Lipinski definition) is 5. The third-order valence-electron chi connectivity index (χ3n) is 9.26. The predicted octanol–water partition coefficient (Wildman–Crippen LogP) is 11.2. The molecule has 6 heteroatoms. The lowest BCUT2D eigenvalue weighted by Crippen LogP contribution is -2.54. The Labute approximate surface area is 282 Å². The van der Waals surface area contributed by atoms with E-state index in [2.05, 4.69) is 115 Å². The molecule has 0 aliphatic carbocycles. The second-order valence-corrected chi connectivity index (χ2v) is 12.9. The number of nitrogens with one attached hydrogen (secondary N) is 1. The van der Waals surface area contributed by atoms with Crippen LogP contribution in [0.5, 0.6) is 0 Å². The maximum atomic E-state index is 6.10. The molecule has 1 heterocycles. The van der Waals surface area contributed by atoms with Crippen molar-refractivity contribution in [2.45, 2.75) is 131 Å². The van der Waals surface area contributed by atoms with E-state index in [0.717, 1.165) is 49.0 Å². The molecule has 0 radical (unpaired) electrons. The second-order valence-electron chi connectivity index (χ2n) is 12.5. The number of hydrazine groups is 2. The van der Waals surface area contributed by atoms with Gasteiger partial charge in [0.05, 0.1) is 11.4 Å². The average molecular weight is 634 g/mol. The zero-order chi connectivity index (χ0) is 32.3. The first-order valence-electron chi connectivity index (χ1n) is 18.4. The van der Waals surface area contributed by atoms with Crippen molar-refractivity contribution < 1.29 is 0 Å². The van der Waals surface area contributed by atoms with E-state index in [4.69, 9.17) is 12.2 Å². The first-order chi connectivity index (χ1) is 22.1. The first kappa shape index (κ1) is 36.9. The minimum Gasteiger partial charge on any atom is -0.372 e. The third kappa shape index (κ3) is 11.9. The van der Waals surface area contributed by atoms with Gasteiger partial charge in [0.2, 0.25) is 0 Å². The number of rotatable bonds is 23. The molecule has 0 atom stereocenters. The summed E-state index contributed by atoms with van der Waals surface area (Å²) in [6.07, 6.45) is 22.5. The third-order valence-corrected chi connectivity index (χ3v) is 9.71. The van der Waals surface area contributed by atoms with E-state index >= 15 is 0 Å². The van der Waals surface area contributed by atoms with Gasteiger partial charge in [0.1, 0.15) is 4.99 Å². The average Bonchev–Trinajstić information content (AvgIpc) is 3.07. The minimum atomic E-state index is 0.872. The maximum Gasteiger partial charge on any atom is 0.127 e. The van der Waals surface area contributed by atoms with Crippen LogP contribution in [-0.2, 0) is 0 Å². The number of hydrogen-bond donors (Lipinski definition) is 1. The van der Waals surface area contributed by atoms with Crippen LogP contribution in [0.3, 0.4) is 0 Å². The molecule has 0 saturated heterocycles. The van der Waals surface area contributed by atoms with Gasteiger partial charge in [-0.25, -0.2) is 5.01 Å². The Hall–Kier alpha value is -2.57. The normalized spacial score (nSPS) is 13.4. The molecule has 1 aliphatic heterocycles. The molecule has 0 bridgehead atoms. The quantitative estimate of drug-likeness (QED) is 0.0966. The molecule has 3 rings (SSSR count). The molecule has 0 spiro atoms. The summed E-state index contributed by atoms with van der Waals surface area (Å²) >= 11 is 6.10. The van der Waals surface area contributed by atoms with Crippen LogP contribution in [0.15, 0.2) is 60.3 Å². The van der Waals surface area contributed by atoms with Crippen molar-refractivity contribution in [1.29, 1.82) is 0 Å². The Morgan fingerprint density at radius 1 is 0.533 bits per heavy atom. The topological polar surface area (TPSA) is 25.0 Å². The number of nitrogens with zero attached hydrogens (tertiary/aromatic N) is 4. The molecule has 250 valence electrons. The van der Waals surface area contributed by atoms with Crippen molar-refractivity contribution in [3.63, 3.8) is 0 Å². The van der Waals surface area contributed by atoms with Crippen molar-refractivity contribution in [2.75, 3.05) is 46.0 Å². The number of thiocarbonyl (C=S) groups is 1. The van der Waals surface area contributed by atoms with Gasteiger partial charge in [-0.15, -0.1) is 5.53 Å². The molecule has 45 heavy (non-hydrogen) atoms. The van der Waals surface area contributed by atoms with Crippen LogP contribution in [0.2, 0.25) is 0 Å². The largest absolute Gasteiger partial charge is 0.372 e. The van der Waals surface area contributed by atoms with Gasteiger partial charge in [-0.3, -0.25) is 5.01 Å². The molecular formula is C39H63N5S. The van der Waals surface area contributed by atoms with Crippen molar-refractivity contribution in [1.82, 2.24) is 5.53 Å². The minimum absolute atomic E-state index is 0.872. The summed E-state index contributed by atoms with van der Waals surface area (Å²) in [4.78, 5) is 5.62. The van der Waals surface area contributed by atoms with Crippen molar-refractivity contribution in [3.05, 3.63) is 60.3 Å². The Kier molecular flexibility index (Phi) is 17.4. The van der Waals surface area contributed by atoms with Crippen LogP contribution < -0.4 is 25.4 Å². The van der Waals surface area contributed by atoms with Gasteiger partial charge in [0.15, 0.2) is 0 Å². The van der Waals surface area contributed by atoms with Crippen LogP contribution in [0.4, 0.5) is 22.7 Å². The molecule has 2 aromatic rings. The fourth-order valence-corrected chi connectivity index (χ4v) is 6.64. The molecule has 0 saturated carbocycles. The summed E-state index contributed by atoms with van der Waals surface area (Å²) in [6, 6.07) is 17.6. The Morgan fingerprint density at radius 2 is 0.933 bits per heavy atom. The van der Waals surface area contributed by atoms with Crippen molar-refractivity contribution in [3.8, 4) is 0 Å². The summed E-state index contributed by atoms with van der Waals surface area (Å²) in [7, 11) is 0. The van der Waals surface area contributed by atoms with E-state index in [1.54, 1.807) is 0 Å². The van der Waals surface area contributed by atoms with E-state index in [-0.39, 0.29) is 0 Å². The maximum absolute atomic E-state index is 6.10. The summed E-state index contributed by atoms with van der Waals surface area (Å²) in [5, 5.41) is 4.22. The highest BCUT2D eigenvalue weighted by Gasteiger charge is 2.24. The van der Waals surface area contributed by atoms with Gasteiger partial charge in [-0.2, -0.15) is 0 Å². The molecule has 0 fully saturated rings. The smallest absolute Gasteiger partial charge is 0.127 e. The summed E-state index contributed by atoms with van der Waals surface area (Å²) in [6.45, 7) is 15.1. The number of benzene rings is 2. The van der Waals surface area contributed by atoms with E-state index in [0.29, 0.717) is 0 Å². The lowest BCUT2D eigenvalue weighted by molar-refractivity contribution is 0.535. The fraction of sp³-hybridized carbons (Fsp3) is 0.615. The Morgan fingerprint density at radius 3 is 1.36 bits per heavy atom. The number of unbranched alkanes of at least 4 members (excludes halogenated alkanes) is 13. The molecule has 5 nitrogen and oxygen atoms in total. The fourth-order valence-electron chi connectivity index (χ4n) is 6.34. The lowest BCUT2D eigenvalue weighted by atomic mass is 10.0. The van der Waals surface area contributed by atoms with Gasteiger partial charge >= 0.3 is 0 Å². The van der Waals surface area contributed by atoms with Crippen LogP contribution in [0, 0.1) is 0 Å². The Balaban J connectivity index is 1.57. The number of anilines is 4. The molecule has 1 N–H and O–H groups in total.